The molecule has 5 heteroatoms. The minimum absolute atomic E-state index is 0.602. The van der Waals surface area contributed by atoms with E-state index in [1.54, 1.807) is 0 Å². The van der Waals surface area contributed by atoms with Gasteiger partial charge in [-0.05, 0) is 75.1 Å². The van der Waals surface area contributed by atoms with Gasteiger partial charge in [-0.25, -0.2) is 4.98 Å². The Morgan fingerprint density at radius 1 is 0.821 bits per heavy atom. The molecule has 4 rings (SSSR count). The third kappa shape index (κ3) is 4.25. The van der Waals surface area contributed by atoms with Crippen LogP contribution >= 0.6 is 0 Å². The Morgan fingerprint density at radius 3 is 2.32 bits per heavy atom. The fourth-order valence-electron chi connectivity index (χ4n) is 3.56. The van der Waals surface area contributed by atoms with Crippen molar-refractivity contribution in [3.05, 3.63) is 65.4 Å². The highest BCUT2D eigenvalue weighted by atomic mass is 15.2. The molecule has 2 N–H and O–H groups in total. The van der Waals surface area contributed by atoms with Crippen LogP contribution in [0.25, 0.3) is 0 Å². The number of hydrogen-bond donors (Lipinski definition) is 2. The molecule has 1 aliphatic heterocycles. The van der Waals surface area contributed by atoms with Crippen molar-refractivity contribution < 1.29 is 0 Å². The normalized spacial score (nSPS) is 13.6. The van der Waals surface area contributed by atoms with Gasteiger partial charge < -0.3 is 15.5 Å². The predicted molar refractivity (Wildman–Crippen MR) is 117 cm³/mol. The summed E-state index contributed by atoms with van der Waals surface area (Å²) >= 11 is 0. The van der Waals surface area contributed by atoms with E-state index in [9.17, 15) is 0 Å². The second kappa shape index (κ2) is 7.89. The van der Waals surface area contributed by atoms with Crippen LogP contribution in [0.3, 0.4) is 0 Å². The van der Waals surface area contributed by atoms with E-state index in [0.717, 1.165) is 36.0 Å². The zero-order chi connectivity index (χ0) is 19.5. The Morgan fingerprint density at radius 2 is 1.57 bits per heavy atom. The van der Waals surface area contributed by atoms with Crippen molar-refractivity contribution in [1.29, 1.82) is 0 Å². The molecule has 5 nitrogen and oxygen atoms in total. The summed E-state index contributed by atoms with van der Waals surface area (Å²) in [6.07, 6.45) is 2.58. The molecular formula is C23H27N5. The zero-order valence-corrected chi connectivity index (χ0v) is 16.8. The predicted octanol–water partition coefficient (Wildman–Crippen LogP) is 5.49. The van der Waals surface area contributed by atoms with E-state index in [-0.39, 0.29) is 0 Å². The minimum Gasteiger partial charge on any atom is -0.372 e. The van der Waals surface area contributed by atoms with Gasteiger partial charge in [0.25, 0.3) is 0 Å². The summed E-state index contributed by atoms with van der Waals surface area (Å²) < 4.78 is 0. The van der Waals surface area contributed by atoms with Crippen molar-refractivity contribution in [2.75, 3.05) is 28.6 Å². The van der Waals surface area contributed by atoms with Crippen molar-refractivity contribution in [2.24, 2.45) is 0 Å². The largest absolute Gasteiger partial charge is 0.372 e. The molecule has 0 bridgehead atoms. The number of aryl methyl sites for hydroxylation is 3. The van der Waals surface area contributed by atoms with Crippen molar-refractivity contribution in [3.63, 3.8) is 0 Å². The lowest BCUT2D eigenvalue weighted by molar-refractivity contribution is 0.949. The summed E-state index contributed by atoms with van der Waals surface area (Å²) in [7, 11) is 0. The number of aromatic nitrogens is 2. The Balaban J connectivity index is 1.51. The van der Waals surface area contributed by atoms with Gasteiger partial charge in [0.2, 0.25) is 5.95 Å². The molecule has 0 aliphatic carbocycles. The number of hydrogen-bond acceptors (Lipinski definition) is 5. The summed E-state index contributed by atoms with van der Waals surface area (Å²) in [4.78, 5) is 11.6. The summed E-state index contributed by atoms with van der Waals surface area (Å²) in [5.41, 5.74) is 6.64. The van der Waals surface area contributed by atoms with Gasteiger partial charge in [-0.15, -0.1) is 0 Å². The van der Waals surface area contributed by atoms with Gasteiger partial charge in [-0.1, -0.05) is 12.1 Å². The Bertz CT molecular complexity index is 959. The van der Waals surface area contributed by atoms with Crippen molar-refractivity contribution >= 4 is 28.8 Å². The number of anilines is 5. The molecule has 1 aliphatic rings. The number of nitrogens with one attached hydrogen (secondary N) is 2. The lowest BCUT2D eigenvalue weighted by atomic mass is 10.1. The molecule has 0 amide bonds. The van der Waals surface area contributed by atoms with Crippen LogP contribution in [-0.4, -0.2) is 23.1 Å². The molecule has 0 unspecified atom stereocenters. The molecule has 2 heterocycles. The summed E-state index contributed by atoms with van der Waals surface area (Å²) in [5, 5.41) is 6.76. The van der Waals surface area contributed by atoms with Crippen molar-refractivity contribution in [3.8, 4) is 0 Å². The number of rotatable bonds is 5. The van der Waals surface area contributed by atoms with E-state index in [2.05, 4.69) is 81.8 Å². The highest BCUT2D eigenvalue weighted by molar-refractivity contribution is 5.64. The van der Waals surface area contributed by atoms with Crippen LogP contribution in [0.15, 0.2) is 48.5 Å². The number of nitrogens with zero attached hydrogens (tertiary/aromatic N) is 3. The Labute approximate surface area is 166 Å². The van der Waals surface area contributed by atoms with Gasteiger partial charge in [0, 0.05) is 41.9 Å². The van der Waals surface area contributed by atoms with Crippen molar-refractivity contribution in [1.82, 2.24) is 9.97 Å². The summed E-state index contributed by atoms with van der Waals surface area (Å²) in [5.74, 6) is 1.39. The Hall–Kier alpha value is -3.08. The summed E-state index contributed by atoms with van der Waals surface area (Å²) in [6.45, 7) is 8.47. The van der Waals surface area contributed by atoms with Crippen LogP contribution < -0.4 is 15.5 Å². The van der Waals surface area contributed by atoms with Crippen LogP contribution in [0.5, 0.6) is 0 Å². The molecule has 1 saturated heterocycles. The highest BCUT2D eigenvalue weighted by Crippen LogP contribution is 2.25. The first-order chi connectivity index (χ1) is 13.6. The van der Waals surface area contributed by atoms with Crippen LogP contribution in [0, 0.1) is 20.8 Å². The zero-order valence-electron chi connectivity index (χ0n) is 16.8. The molecule has 1 fully saturated rings. The van der Waals surface area contributed by atoms with Crippen LogP contribution in [0.2, 0.25) is 0 Å². The van der Waals surface area contributed by atoms with Gasteiger partial charge in [0.1, 0.15) is 5.82 Å². The fraction of sp³-hybridized carbons (Fsp3) is 0.304. The molecule has 2 aromatic carbocycles. The highest BCUT2D eigenvalue weighted by Gasteiger charge is 2.12. The minimum atomic E-state index is 0.602. The van der Waals surface area contributed by atoms with E-state index >= 15 is 0 Å². The standard InChI is InChI=1S/C23H27N5/c1-16-6-7-17(2)21(14-16)26-23-24-18(3)15-22(27-23)25-19-8-10-20(11-9-19)28-12-4-5-13-28/h6-11,14-15H,4-5,12-13H2,1-3H3,(H2,24,25,26,27). The van der Waals surface area contributed by atoms with E-state index in [1.165, 1.54) is 29.7 Å². The maximum atomic E-state index is 4.65. The quantitative estimate of drug-likeness (QED) is 0.619. The van der Waals surface area contributed by atoms with Crippen LogP contribution in [0.4, 0.5) is 28.8 Å². The average molecular weight is 374 g/mol. The topological polar surface area (TPSA) is 53.1 Å². The third-order valence-corrected chi connectivity index (χ3v) is 5.10. The molecule has 28 heavy (non-hydrogen) atoms. The molecule has 0 saturated carbocycles. The third-order valence-electron chi connectivity index (χ3n) is 5.10. The molecule has 3 aromatic rings. The maximum absolute atomic E-state index is 4.65. The molecule has 0 radical (unpaired) electrons. The first-order valence-electron chi connectivity index (χ1n) is 9.89. The second-order valence-corrected chi connectivity index (χ2v) is 7.53. The van der Waals surface area contributed by atoms with E-state index in [0.29, 0.717) is 5.95 Å². The van der Waals surface area contributed by atoms with Crippen molar-refractivity contribution in [2.45, 2.75) is 33.6 Å². The molecule has 144 valence electrons. The smallest absolute Gasteiger partial charge is 0.229 e. The lowest BCUT2D eigenvalue weighted by Crippen LogP contribution is -2.17. The van der Waals surface area contributed by atoms with E-state index < -0.39 is 0 Å². The molecule has 1 aromatic heterocycles. The van der Waals surface area contributed by atoms with Crippen LogP contribution in [-0.2, 0) is 0 Å². The monoisotopic (exact) mass is 373 g/mol. The van der Waals surface area contributed by atoms with E-state index in [1.807, 2.05) is 13.0 Å². The fourth-order valence-corrected chi connectivity index (χ4v) is 3.56. The van der Waals surface area contributed by atoms with Gasteiger partial charge >= 0.3 is 0 Å². The van der Waals surface area contributed by atoms with Gasteiger partial charge in [-0.3, -0.25) is 0 Å². The Kier molecular flexibility index (Phi) is 5.15. The summed E-state index contributed by atoms with van der Waals surface area (Å²) in [6, 6.07) is 16.9. The van der Waals surface area contributed by atoms with Gasteiger partial charge in [0.15, 0.2) is 0 Å². The first kappa shape index (κ1) is 18.3. The number of benzene rings is 2. The maximum Gasteiger partial charge on any atom is 0.229 e. The average Bonchev–Trinajstić information content (AvgIpc) is 3.20. The SMILES string of the molecule is Cc1ccc(C)c(Nc2nc(C)cc(Nc3ccc(N4CCCC4)cc3)n2)c1. The van der Waals surface area contributed by atoms with E-state index in [4.69, 9.17) is 0 Å². The lowest BCUT2D eigenvalue weighted by Gasteiger charge is -2.18. The van der Waals surface area contributed by atoms with Gasteiger partial charge in [0.05, 0.1) is 0 Å². The van der Waals surface area contributed by atoms with Gasteiger partial charge in [-0.2, -0.15) is 4.98 Å². The molecule has 0 spiro atoms. The first-order valence-corrected chi connectivity index (χ1v) is 9.89. The van der Waals surface area contributed by atoms with Crippen LogP contribution in [0.1, 0.15) is 29.7 Å². The molecular weight excluding hydrogens is 346 g/mol. The molecule has 0 atom stereocenters. The second-order valence-electron chi connectivity index (χ2n) is 7.53.